The third-order valence-corrected chi connectivity index (χ3v) is 2.57. The van der Waals surface area contributed by atoms with Crippen molar-refractivity contribution < 1.29 is 16.8 Å². The van der Waals surface area contributed by atoms with Crippen molar-refractivity contribution in [2.75, 3.05) is 6.54 Å². The van der Waals surface area contributed by atoms with Gasteiger partial charge in [0.05, 0.1) is 6.54 Å². The molecule has 18 heavy (non-hydrogen) atoms. The van der Waals surface area contributed by atoms with Crippen LogP contribution in [0.4, 0.5) is 0 Å². The molecule has 0 amide bonds. The van der Waals surface area contributed by atoms with Crippen LogP contribution in [0.5, 0.6) is 0 Å². The van der Waals surface area contributed by atoms with Crippen LogP contribution in [0.25, 0.3) is 11.3 Å². The van der Waals surface area contributed by atoms with Crippen LogP contribution in [0, 0.1) is 5.92 Å². The van der Waals surface area contributed by atoms with Crippen molar-refractivity contribution in [2.45, 2.75) is 20.4 Å². The summed E-state index contributed by atoms with van der Waals surface area (Å²) in [6, 6.07) is 14.2. The maximum absolute atomic E-state index is 5.79. The summed E-state index contributed by atoms with van der Waals surface area (Å²) in [6.07, 6.45) is 0. The number of hydrogen-bond acceptors (Lipinski definition) is 2. The van der Waals surface area contributed by atoms with Crippen LogP contribution < -0.4 is 17.7 Å². The Morgan fingerprint density at radius 3 is 2.44 bits per heavy atom. The molecule has 0 fully saturated rings. The Morgan fingerprint density at radius 1 is 1.06 bits per heavy atom. The van der Waals surface area contributed by atoms with Gasteiger partial charge in [-0.1, -0.05) is 44.2 Å². The number of benzene rings is 1. The zero-order valence-corrected chi connectivity index (χ0v) is 11.6. The Morgan fingerprint density at radius 2 is 1.78 bits per heavy atom. The molecule has 0 atom stereocenters. The van der Waals surface area contributed by atoms with Crippen molar-refractivity contribution in [3.8, 4) is 11.3 Å². The van der Waals surface area contributed by atoms with Crippen molar-refractivity contribution in [1.29, 1.82) is 0 Å². The van der Waals surface area contributed by atoms with E-state index in [9.17, 15) is 0 Å². The Kier molecular flexibility index (Phi) is 5.96. The van der Waals surface area contributed by atoms with Gasteiger partial charge in [0.25, 0.3) is 0 Å². The van der Waals surface area contributed by atoms with E-state index in [-0.39, 0.29) is 12.4 Å². The molecule has 2 aromatic rings. The number of furan rings is 1. The second-order valence-electron chi connectivity index (χ2n) is 4.66. The van der Waals surface area contributed by atoms with E-state index in [1.165, 1.54) is 0 Å². The van der Waals surface area contributed by atoms with E-state index >= 15 is 0 Å². The van der Waals surface area contributed by atoms with Gasteiger partial charge in [-0.05, 0) is 24.6 Å². The number of nitrogens with one attached hydrogen (secondary N) is 1. The first-order chi connectivity index (χ1) is 8.25. The molecular weight excluding hydrogens is 246 g/mol. The molecule has 1 aromatic heterocycles. The van der Waals surface area contributed by atoms with Crippen LogP contribution in [0.1, 0.15) is 19.6 Å². The van der Waals surface area contributed by atoms with E-state index in [2.05, 4.69) is 31.3 Å². The fourth-order valence-electron chi connectivity index (χ4n) is 1.71. The van der Waals surface area contributed by atoms with E-state index in [0.29, 0.717) is 5.92 Å². The highest BCUT2D eigenvalue weighted by Crippen LogP contribution is 2.21. The summed E-state index contributed by atoms with van der Waals surface area (Å²) < 4.78 is 5.79. The molecule has 0 saturated carbocycles. The lowest BCUT2D eigenvalue weighted by molar-refractivity contribution is -0.00000424. The summed E-state index contributed by atoms with van der Waals surface area (Å²) in [4.78, 5) is 0. The van der Waals surface area contributed by atoms with Gasteiger partial charge in [0, 0.05) is 5.56 Å². The predicted octanol–water partition coefficient (Wildman–Crippen LogP) is 0.696. The van der Waals surface area contributed by atoms with Crippen molar-refractivity contribution in [3.05, 3.63) is 48.2 Å². The smallest absolute Gasteiger partial charge is 0.134 e. The molecule has 0 aliphatic heterocycles. The first-order valence-electron chi connectivity index (χ1n) is 6.10. The van der Waals surface area contributed by atoms with Gasteiger partial charge in [0.2, 0.25) is 0 Å². The van der Waals surface area contributed by atoms with E-state index in [1.54, 1.807) is 0 Å². The summed E-state index contributed by atoms with van der Waals surface area (Å²) in [5, 5.41) is 3.37. The lowest BCUT2D eigenvalue weighted by atomic mass is 10.2. The first kappa shape index (κ1) is 14.8. The minimum atomic E-state index is 0. The molecule has 0 radical (unpaired) electrons. The lowest BCUT2D eigenvalue weighted by Crippen LogP contribution is -3.00. The van der Waals surface area contributed by atoms with Gasteiger partial charge < -0.3 is 22.1 Å². The topological polar surface area (TPSA) is 25.2 Å². The molecule has 1 heterocycles. The summed E-state index contributed by atoms with van der Waals surface area (Å²) in [7, 11) is 0. The maximum atomic E-state index is 5.79. The molecule has 0 aliphatic carbocycles. The third kappa shape index (κ3) is 4.21. The standard InChI is InChI=1S/C15H19NO.ClH/c1-12(2)10-16-11-14-8-9-15(17-14)13-6-4-3-5-7-13;/h3-9,12,16H,10-11H2,1-2H3;1H/p-1. The van der Waals surface area contributed by atoms with Crippen molar-refractivity contribution >= 4 is 0 Å². The van der Waals surface area contributed by atoms with E-state index in [0.717, 1.165) is 30.2 Å². The maximum Gasteiger partial charge on any atom is 0.134 e. The molecule has 2 rings (SSSR count). The second kappa shape index (κ2) is 7.24. The molecule has 1 aromatic carbocycles. The van der Waals surface area contributed by atoms with E-state index in [4.69, 9.17) is 4.42 Å². The third-order valence-electron chi connectivity index (χ3n) is 2.57. The average Bonchev–Trinajstić information content (AvgIpc) is 2.78. The van der Waals surface area contributed by atoms with Gasteiger partial charge in [0.15, 0.2) is 0 Å². The Hall–Kier alpha value is -1.25. The first-order valence-corrected chi connectivity index (χ1v) is 6.10. The van der Waals surface area contributed by atoms with Gasteiger partial charge >= 0.3 is 0 Å². The van der Waals surface area contributed by atoms with Crippen molar-refractivity contribution in [1.82, 2.24) is 5.32 Å². The Balaban J connectivity index is 0.00000162. The fraction of sp³-hybridized carbons (Fsp3) is 0.333. The van der Waals surface area contributed by atoms with Crippen LogP contribution in [0.15, 0.2) is 46.9 Å². The number of hydrogen-bond donors (Lipinski definition) is 1. The molecule has 0 spiro atoms. The molecule has 0 aliphatic rings. The van der Waals surface area contributed by atoms with Crippen LogP contribution in [0.2, 0.25) is 0 Å². The quantitative estimate of drug-likeness (QED) is 0.860. The van der Waals surface area contributed by atoms with Crippen LogP contribution >= 0.6 is 0 Å². The minimum absolute atomic E-state index is 0. The summed E-state index contributed by atoms with van der Waals surface area (Å²) in [5.74, 6) is 2.59. The highest BCUT2D eigenvalue weighted by Gasteiger charge is 2.03. The summed E-state index contributed by atoms with van der Waals surface area (Å²) >= 11 is 0. The highest BCUT2D eigenvalue weighted by molar-refractivity contribution is 5.57. The fourth-order valence-corrected chi connectivity index (χ4v) is 1.71. The monoisotopic (exact) mass is 264 g/mol. The predicted molar refractivity (Wildman–Crippen MR) is 70.7 cm³/mol. The zero-order valence-electron chi connectivity index (χ0n) is 10.8. The number of halogens is 1. The Labute approximate surface area is 115 Å². The molecule has 98 valence electrons. The SMILES string of the molecule is CC(C)CNCc1ccc(-c2ccccc2)o1.[Cl-]. The van der Waals surface area contributed by atoms with Gasteiger partial charge in [0.1, 0.15) is 11.5 Å². The van der Waals surface area contributed by atoms with Crippen molar-refractivity contribution in [2.24, 2.45) is 5.92 Å². The van der Waals surface area contributed by atoms with Gasteiger partial charge in [-0.15, -0.1) is 0 Å². The normalized spacial score (nSPS) is 10.4. The lowest BCUT2D eigenvalue weighted by Gasteiger charge is -2.05. The second-order valence-corrected chi connectivity index (χ2v) is 4.66. The van der Waals surface area contributed by atoms with Crippen molar-refractivity contribution in [3.63, 3.8) is 0 Å². The largest absolute Gasteiger partial charge is 1.00 e. The molecule has 3 heteroatoms. The summed E-state index contributed by atoms with van der Waals surface area (Å²) in [5.41, 5.74) is 1.13. The highest BCUT2D eigenvalue weighted by atomic mass is 35.5. The molecular formula is C15H19ClNO-. The van der Waals surface area contributed by atoms with Crippen LogP contribution in [-0.2, 0) is 6.54 Å². The van der Waals surface area contributed by atoms with Gasteiger partial charge in [-0.25, -0.2) is 0 Å². The summed E-state index contributed by atoms with van der Waals surface area (Å²) in [6.45, 7) is 6.21. The van der Waals surface area contributed by atoms with E-state index < -0.39 is 0 Å². The molecule has 2 nitrogen and oxygen atoms in total. The minimum Gasteiger partial charge on any atom is -1.00 e. The zero-order chi connectivity index (χ0) is 12.1. The van der Waals surface area contributed by atoms with Crippen LogP contribution in [-0.4, -0.2) is 6.54 Å². The number of rotatable bonds is 5. The molecule has 1 N–H and O–H groups in total. The van der Waals surface area contributed by atoms with Crippen LogP contribution in [0.3, 0.4) is 0 Å². The molecule has 0 bridgehead atoms. The Bertz CT molecular complexity index is 451. The van der Waals surface area contributed by atoms with Gasteiger partial charge in [-0.3, -0.25) is 0 Å². The van der Waals surface area contributed by atoms with Gasteiger partial charge in [-0.2, -0.15) is 0 Å². The van der Waals surface area contributed by atoms with E-state index in [1.807, 2.05) is 30.3 Å². The molecule has 0 unspecified atom stereocenters. The molecule has 0 saturated heterocycles. The average molecular weight is 265 g/mol.